The third-order valence-electron chi connectivity index (χ3n) is 4.51. The van der Waals surface area contributed by atoms with E-state index in [1.165, 1.54) is 22.3 Å². The Balaban J connectivity index is 2.02. The fourth-order valence-electron chi connectivity index (χ4n) is 3.28. The molecule has 0 saturated carbocycles. The van der Waals surface area contributed by atoms with Crippen LogP contribution in [0.25, 0.3) is 15.9 Å². The van der Waals surface area contributed by atoms with Gasteiger partial charge in [-0.3, -0.25) is 9.78 Å². The van der Waals surface area contributed by atoms with Gasteiger partial charge in [-0.1, -0.05) is 30.1 Å². The van der Waals surface area contributed by atoms with Crippen molar-refractivity contribution in [3.05, 3.63) is 59.5 Å². The Morgan fingerprint density at radius 1 is 1.25 bits per heavy atom. The van der Waals surface area contributed by atoms with Crippen LogP contribution >= 0.6 is 34.5 Å². The van der Waals surface area contributed by atoms with Gasteiger partial charge in [0.15, 0.2) is 0 Å². The smallest absolute Gasteiger partial charge is 0.298 e. The number of hydrogen-bond acceptors (Lipinski definition) is 3. The zero-order valence-electron chi connectivity index (χ0n) is 12.9. The van der Waals surface area contributed by atoms with E-state index < -0.39 is 5.69 Å². The van der Waals surface area contributed by atoms with Gasteiger partial charge in [0, 0.05) is 4.88 Å². The van der Waals surface area contributed by atoms with Gasteiger partial charge >= 0.3 is 5.69 Å². The van der Waals surface area contributed by atoms with E-state index in [9.17, 15) is 9.59 Å². The highest BCUT2D eigenvalue weighted by molar-refractivity contribution is 7.18. The van der Waals surface area contributed by atoms with E-state index in [-0.39, 0.29) is 5.56 Å². The van der Waals surface area contributed by atoms with Crippen LogP contribution in [0.2, 0.25) is 10.0 Å². The fourth-order valence-corrected chi connectivity index (χ4v) is 4.97. The summed E-state index contributed by atoms with van der Waals surface area (Å²) in [6, 6.07) is 4.74. The van der Waals surface area contributed by atoms with Crippen molar-refractivity contribution in [1.82, 2.24) is 9.55 Å². The first-order valence-corrected chi connectivity index (χ1v) is 9.28. The number of hydrogen-bond donors (Lipinski definition) is 1. The standard InChI is InChI=1S/C17H14Cl2N2O2S/c1-8-2-4-10-13(6-8)24-15-14(10)16(22)21(17(23)20-15)9-3-5-11(18)12(19)7-9/h3,5,7-8H,2,4,6H2,1H3,(H,20,23)/t8-/m0/s1. The van der Waals surface area contributed by atoms with Gasteiger partial charge in [-0.15, -0.1) is 11.3 Å². The first kappa shape index (κ1) is 15.9. The molecule has 4 rings (SSSR count). The van der Waals surface area contributed by atoms with Crippen LogP contribution in [-0.4, -0.2) is 9.55 Å². The predicted octanol–water partition coefficient (Wildman–Crippen LogP) is 4.17. The lowest BCUT2D eigenvalue weighted by Crippen LogP contribution is -2.33. The van der Waals surface area contributed by atoms with Crippen molar-refractivity contribution in [3.8, 4) is 5.69 Å². The summed E-state index contributed by atoms with van der Waals surface area (Å²) in [5.41, 5.74) is 0.751. The van der Waals surface area contributed by atoms with Gasteiger partial charge in [0.1, 0.15) is 4.83 Å². The largest absolute Gasteiger partial charge is 0.334 e. The van der Waals surface area contributed by atoms with Crippen molar-refractivity contribution in [2.24, 2.45) is 5.92 Å². The molecule has 1 aliphatic carbocycles. The SMILES string of the molecule is C[C@H]1CCc2c(sc3[nH]c(=O)n(-c4ccc(Cl)c(Cl)c4)c(=O)c23)C1. The number of aromatic amines is 1. The Bertz CT molecular complexity index is 1080. The molecule has 1 aliphatic rings. The Labute approximate surface area is 151 Å². The Hall–Kier alpha value is -1.56. The quantitative estimate of drug-likeness (QED) is 0.688. The molecule has 0 radical (unpaired) electrons. The number of benzene rings is 1. The Morgan fingerprint density at radius 2 is 2.04 bits per heavy atom. The summed E-state index contributed by atoms with van der Waals surface area (Å²) in [7, 11) is 0. The molecule has 1 N–H and O–H groups in total. The molecule has 124 valence electrons. The zero-order valence-corrected chi connectivity index (χ0v) is 15.2. The molecule has 0 amide bonds. The minimum Gasteiger partial charge on any atom is -0.298 e. The van der Waals surface area contributed by atoms with Crippen molar-refractivity contribution in [2.45, 2.75) is 26.2 Å². The van der Waals surface area contributed by atoms with Gasteiger partial charge in [-0.05, 0) is 48.9 Å². The first-order valence-electron chi connectivity index (χ1n) is 7.70. The van der Waals surface area contributed by atoms with Gasteiger partial charge in [0.2, 0.25) is 0 Å². The number of nitrogens with zero attached hydrogens (tertiary/aromatic N) is 1. The molecule has 0 unspecified atom stereocenters. The lowest BCUT2D eigenvalue weighted by Gasteiger charge is -2.17. The van der Waals surface area contributed by atoms with E-state index in [1.54, 1.807) is 12.1 Å². The molecule has 0 fully saturated rings. The number of aryl methyl sites for hydroxylation is 1. The summed E-state index contributed by atoms with van der Waals surface area (Å²) in [4.78, 5) is 30.2. The van der Waals surface area contributed by atoms with E-state index in [2.05, 4.69) is 11.9 Å². The lowest BCUT2D eigenvalue weighted by molar-refractivity contribution is 0.509. The molecule has 24 heavy (non-hydrogen) atoms. The van der Waals surface area contributed by atoms with Crippen LogP contribution in [0.4, 0.5) is 0 Å². The van der Waals surface area contributed by atoms with Crippen LogP contribution in [0.15, 0.2) is 27.8 Å². The molecule has 3 aromatic rings. The number of aromatic nitrogens is 2. The maximum Gasteiger partial charge on any atom is 0.334 e. The summed E-state index contributed by atoms with van der Waals surface area (Å²) in [6.45, 7) is 2.21. The van der Waals surface area contributed by atoms with E-state index in [1.807, 2.05) is 0 Å². The molecular formula is C17H14Cl2N2O2S. The molecule has 2 aromatic heterocycles. The molecule has 0 bridgehead atoms. The topological polar surface area (TPSA) is 54.9 Å². The van der Waals surface area contributed by atoms with Crippen LogP contribution in [-0.2, 0) is 12.8 Å². The first-order chi connectivity index (χ1) is 11.5. The summed E-state index contributed by atoms with van der Waals surface area (Å²) >= 11 is 13.5. The monoisotopic (exact) mass is 380 g/mol. The summed E-state index contributed by atoms with van der Waals surface area (Å²) < 4.78 is 1.13. The van der Waals surface area contributed by atoms with E-state index in [0.29, 0.717) is 31.9 Å². The molecule has 1 atom stereocenters. The Kier molecular flexibility index (Phi) is 3.82. The van der Waals surface area contributed by atoms with Crippen molar-refractivity contribution in [1.29, 1.82) is 0 Å². The highest BCUT2D eigenvalue weighted by Crippen LogP contribution is 2.35. The second kappa shape index (κ2) is 5.76. The molecule has 7 heteroatoms. The molecule has 0 saturated heterocycles. The van der Waals surface area contributed by atoms with Crippen molar-refractivity contribution in [3.63, 3.8) is 0 Å². The summed E-state index contributed by atoms with van der Waals surface area (Å²) in [6.07, 6.45) is 2.90. The summed E-state index contributed by atoms with van der Waals surface area (Å²) in [5.74, 6) is 0.606. The van der Waals surface area contributed by atoms with Crippen molar-refractivity contribution < 1.29 is 0 Å². The van der Waals surface area contributed by atoms with Crippen LogP contribution in [0, 0.1) is 5.92 Å². The van der Waals surface area contributed by atoms with Gasteiger partial charge < -0.3 is 0 Å². The van der Waals surface area contributed by atoms with Gasteiger partial charge in [-0.25, -0.2) is 9.36 Å². The van der Waals surface area contributed by atoms with Crippen LogP contribution in [0.3, 0.4) is 0 Å². The lowest BCUT2D eigenvalue weighted by atomic mass is 9.89. The third kappa shape index (κ3) is 2.42. The second-order valence-electron chi connectivity index (χ2n) is 6.23. The molecule has 0 aliphatic heterocycles. The highest BCUT2D eigenvalue weighted by Gasteiger charge is 2.24. The number of H-pyrrole nitrogens is 1. The van der Waals surface area contributed by atoms with Gasteiger partial charge in [-0.2, -0.15) is 0 Å². The number of nitrogens with one attached hydrogen (secondary N) is 1. The maximum absolute atomic E-state index is 13.0. The average Bonchev–Trinajstić information content (AvgIpc) is 2.87. The zero-order chi connectivity index (χ0) is 17.0. The maximum atomic E-state index is 13.0. The number of rotatable bonds is 1. The van der Waals surface area contributed by atoms with Crippen LogP contribution in [0.5, 0.6) is 0 Å². The molecular weight excluding hydrogens is 367 g/mol. The average molecular weight is 381 g/mol. The summed E-state index contributed by atoms with van der Waals surface area (Å²) in [5, 5.41) is 1.32. The van der Waals surface area contributed by atoms with Crippen LogP contribution < -0.4 is 11.2 Å². The minimum atomic E-state index is -0.461. The Morgan fingerprint density at radius 3 is 2.79 bits per heavy atom. The van der Waals surface area contributed by atoms with Gasteiger partial charge in [0.25, 0.3) is 5.56 Å². The van der Waals surface area contributed by atoms with E-state index in [4.69, 9.17) is 23.2 Å². The number of halogens is 2. The molecule has 2 heterocycles. The molecule has 4 nitrogen and oxygen atoms in total. The predicted molar refractivity (Wildman–Crippen MR) is 99.3 cm³/mol. The minimum absolute atomic E-state index is 0.292. The number of fused-ring (bicyclic) bond motifs is 3. The van der Waals surface area contributed by atoms with E-state index in [0.717, 1.165) is 29.4 Å². The van der Waals surface area contributed by atoms with Crippen molar-refractivity contribution in [2.75, 3.05) is 0 Å². The third-order valence-corrected chi connectivity index (χ3v) is 6.42. The van der Waals surface area contributed by atoms with Gasteiger partial charge in [0.05, 0.1) is 21.1 Å². The van der Waals surface area contributed by atoms with Crippen LogP contribution in [0.1, 0.15) is 23.8 Å². The molecule has 1 aromatic carbocycles. The number of thiophene rings is 1. The van der Waals surface area contributed by atoms with E-state index >= 15 is 0 Å². The fraction of sp³-hybridized carbons (Fsp3) is 0.294. The second-order valence-corrected chi connectivity index (χ2v) is 8.14. The highest BCUT2D eigenvalue weighted by atomic mass is 35.5. The normalized spacial score (nSPS) is 17.2. The molecule has 0 spiro atoms. The van der Waals surface area contributed by atoms with Crippen molar-refractivity contribution >= 4 is 44.8 Å².